The van der Waals surface area contributed by atoms with E-state index < -0.39 is 0 Å². The second-order valence-corrected chi connectivity index (χ2v) is 5.62. The van der Waals surface area contributed by atoms with E-state index in [2.05, 4.69) is 17.9 Å². The first-order valence-electron chi connectivity index (χ1n) is 5.01. The number of aromatic nitrogens is 1. The molecular weight excluding hydrogens is 256 g/mol. The zero-order valence-corrected chi connectivity index (χ0v) is 11.1. The van der Waals surface area contributed by atoms with E-state index in [0.717, 1.165) is 5.69 Å². The Hall–Kier alpha value is -1.14. The summed E-state index contributed by atoms with van der Waals surface area (Å²) in [6, 6.07) is 3.07. The zero-order chi connectivity index (χ0) is 12.6. The number of hydrogen-bond donors (Lipinski definition) is 2. The summed E-state index contributed by atoms with van der Waals surface area (Å²) in [5, 5.41) is 4.66. The summed E-state index contributed by atoms with van der Waals surface area (Å²) in [5.74, 6) is -0.171. The van der Waals surface area contributed by atoms with Crippen LogP contribution in [0, 0.1) is 6.92 Å². The van der Waals surface area contributed by atoms with Crippen molar-refractivity contribution in [3.05, 3.63) is 44.8 Å². The summed E-state index contributed by atoms with van der Waals surface area (Å²) in [5.41, 5.74) is 1.48. The topological polar surface area (TPSA) is 51.1 Å². The van der Waals surface area contributed by atoms with Gasteiger partial charge in [0.1, 0.15) is 4.71 Å². The maximum atomic E-state index is 12.1. The van der Waals surface area contributed by atoms with Crippen molar-refractivity contribution in [2.45, 2.75) is 11.6 Å². The van der Waals surface area contributed by atoms with Crippen LogP contribution in [0.3, 0.4) is 0 Å². The van der Waals surface area contributed by atoms with E-state index in [0.29, 0.717) is 11.3 Å². The lowest BCUT2D eigenvalue weighted by atomic mass is 10.1. The number of carbonyl (C=O) groups is 1. The molecule has 4 nitrogen and oxygen atoms in total. The molecule has 0 saturated carbocycles. The van der Waals surface area contributed by atoms with Gasteiger partial charge in [0.05, 0.1) is 5.70 Å². The monoisotopic (exact) mass is 268 g/mol. The minimum atomic E-state index is -0.179. The molecule has 90 valence electrons. The Morgan fingerprint density at radius 2 is 2.24 bits per heavy atom. The second-order valence-electron chi connectivity index (χ2n) is 3.78. The fourth-order valence-electron chi connectivity index (χ4n) is 1.51. The van der Waals surface area contributed by atoms with Gasteiger partial charge in [-0.2, -0.15) is 0 Å². The quantitative estimate of drug-likeness (QED) is 0.626. The van der Waals surface area contributed by atoms with Crippen LogP contribution in [0.15, 0.2) is 28.0 Å². The van der Waals surface area contributed by atoms with Crippen LogP contribution in [0.5, 0.6) is 0 Å². The molecule has 0 fully saturated rings. The SMILES string of the molecule is Cc1cc(C(=O)C2=CSC(S)N2)cc(=O)n1C. The van der Waals surface area contributed by atoms with E-state index in [1.807, 2.05) is 0 Å². The Kier molecular flexibility index (Phi) is 3.35. The summed E-state index contributed by atoms with van der Waals surface area (Å²) < 4.78 is 1.41. The number of nitrogens with zero attached hydrogens (tertiary/aromatic N) is 1. The van der Waals surface area contributed by atoms with Crippen molar-refractivity contribution in [2.24, 2.45) is 7.05 Å². The molecule has 1 aromatic rings. The molecule has 0 aliphatic carbocycles. The van der Waals surface area contributed by atoms with Gasteiger partial charge in [0.25, 0.3) is 5.56 Å². The average Bonchev–Trinajstić information content (AvgIpc) is 2.71. The van der Waals surface area contributed by atoms with Gasteiger partial charge < -0.3 is 9.88 Å². The standard InChI is InChI=1S/C11H12N2O2S2/c1-6-3-7(4-9(14)13(6)2)10(15)8-5-17-11(16)12-8/h3-5,11-12,16H,1-2H3. The predicted octanol–water partition coefficient (Wildman–Crippen LogP) is 1.27. The van der Waals surface area contributed by atoms with E-state index in [4.69, 9.17) is 0 Å². The average molecular weight is 268 g/mol. The molecule has 17 heavy (non-hydrogen) atoms. The number of carbonyl (C=O) groups excluding carboxylic acids is 1. The van der Waals surface area contributed by atoms with Gasteiger partial charge in [-0.15, -0.1) is 12.6 Å². The van der Waals surface area contributed by atoms with Crippen LogP contribution in [-0.2, 0) is 7.05 Å². The first kappa shape index (κ1) is 12.3. The third-order valence-electron chi connectivity index (χ3n) is 2.60. The smallest absolute Gasteiger partial charge is 0.251 e. The van der Waals surface area contributed by atoms with E-state index in [9.17, 15) is 9.59 Å². The highest BCUT2D eigenvalue weighted by Gasteiger charge is 2.20. The van der Waals surface area contributed by atoms with Gasteiger partial charge in [0, 0.05) is 29.8 Å². The number of allylic oxidation sites excluding steroid dienone is 1. The lowest BCUT2D eigenvalue weighted by molar-refractivity contribution is 0.102. The Labute approximate surface area is 109 Å². The zero-order valence-electron chi connectivity index (χ0n) is 9.43. The highest BCUT2D eigenvalue weighted by Crippen LogP contribution is 2.24. The second kappa shape index (κ2) is 4.62. The highest BCUT2D eigenvalue weighted by atomic mass is 32.2. The van der Waals surface area contributed by atoms with Crippen molar-refractivity contribution in [1.82, 2.24) is 9.88 Å². The third kappa shape index (κ3) is 2.42. The van der Waals surface area contributed by atoms with Crippen molar-refractivity contribution in [3.8, 4) is 0 Å². The number of pyridine rings is 1. The van der Waals surface area contributed by atoms with Gasteiger partial charge in [0.15, 0.2) is 0 Å². The van der Waals surface area contributed by atoms with Gasteiger partial charge >= 0.3 is 0 Å². The number of thiol groups is 1. The van der Waals surface area contributed by atoms with Crippen LogP contribution >= 0.6 is 24.4 Å². The predicted molar refractivity (Wildman–Crippen MR) is 72.3 cm³/mol. The van der Waals surface area contributed by atoms with Gasteiger partial charge in [-0.1, -0.05) is 11.8 Å². The lowest BCUT2D eigenvalue weighted by Crippen LogP contribution is -2.24. The number of thioether (sulfide) groups is 1. The molecule has 0 amide bonds. The van der Waals surface area contributed by atoms with Crippen LogP contribution in [-0.4, -0.2) is 15.1 Å². The van der Waals surface area contributed by atoms with Gasteiger partial charge in [-0.05, 0) is 13.0 Å². The van der Waals surface area contributed by atoms with Crippen LogP contribution < -0.4 is 10.9 Å². The van der Waals surface area contributed by atoms with Gasteiger partial charge in [-0.25, -0.2) is 0 Å². The van der Waals surface area contributed by atoms with Crippen LogP contribution in [0.2, 0.25) is 0 Å². The van der Waals surface area contributed by atoms with Crippen molar-refractivity contribution < 1.29 is 4.79 Å². The maximum absolute atomic E-state index is 12.1. The fraction of sp³-hybridized carbons (Fsp3) is 0.273. The minimum Gasteiger partial charge on any atom is -0.361 e. The molecule has 1 N–H and O–H groups in total. The van der Waals surface area contributed by atoms with Crippen LogP contribution in [0.25, 0.3) is 0 Å². The fourth-order valence-corrected chi connectivity index (χ4v) is 2.46. The Morgan fingerprint density at radius 1 is 1.53 bits per heavy atom. The molecule has 0 spiro atoms. The van der Waals surface area contributed by atoms with Gasteiger partial charge in [0.2, 0.25) is 5.78 Å². The van der Waals surface area contributed by atoms with Gasteiger partial charge in [-0.3, -0.25) is 9.59 Å². The van der Waals surface area contributed by atoms with E-state index in [1.54, 1.807) is 25.4 Å². The Bertz CT molecular complexity index is 563. The van der Waals surface area contributed by atoms with E-state index in [1.165, 1.54) is 22.4 Å². The van der Waals surface area contributed by atoms with Crippen molar-refractivity contribution in [2.75, 3.05) is 0 Å². The molecular formula is C11H12N2O2S2. The number of hydrogen-bond acceptors (Lipinski definition) is 5. The molecule has 1 aliphatic heterocycles. The van der Waals surface area contributed by atoms with Crippen molar-refractivity contribution in [1.29, 1.82) is 0 Å². The highest BCUT2D eigenvalue weighted by molar-refractivity contribution is 8.12. The Balaban J connectivity index is 2.36. The molecule has 0 radical (unpaired) electrons. The summed E-state index contributed by atoms with van der Waals surface area (Å²) in [6.07, 6.45) is 0. The molecule has 1 aromatic heterocycles. The molecule has 0 saturated heterocycles. The number of Topliss-reactive ketones (excluding diaryl/α,β-unsaturated/α-hetero) is 1. The number of nitrogens with one attached hydrogen (secondary N) is 1. The van der Waals surface area contributed by atoms with E-state index >= 15 is 0 Å². The van der Waals surface area contributed by atoms with Crippen molar-refractivity contribution in [3.63, 3.8) is 0 Å². The molecule has 2 heterocycles. The summed E-state index contributed by atoms with van der Waals surface area (Å²) in [7, 11) is 1.68. The number of ketones is 1. The van der Waals surface area contributed by atoms with Crippen molar-refractivity contribution >= 4 is 30.2 Å². The molecule has 0 bridgehead atoms. The molecule has 1 aliphatic rings. The summed E-state index contributed by atoms with van der Waals surface area (Å²) in [6.45, 7) is 1.80. The first-order chi connectivity index (χ1) is 7.99. The summed E-state index contributed by atoms with van der Waals surface area (Å²) >= 11 is 5.62. The maximum Gasteiger partial charge on any atom is 0.251 e. The third-order valence-corrected chi connectivity index (χ3v) is 3.85. The van der Waals surface area contributed by atoms with Crippen LogP contribution in [0.1, 0.15) is 16.1 Å². The largest absolute Gasteiger partial charge is 0.361 e. The number of rotatable bonds is 2. The molecule has 0 aromatic carbocycles. The molecule has 6 heteroatoms. The Morgan fingerprint density at radius 3 is 2.76 bits per heavy atom. The molecule has 2 rings (SSSR count). The molecule has 1 unspecified atom stereocenters. The van der Waals surface area contributed by atoms with E-state index in [-0.39, 0.29) is 16.0 Å². The first-order valence-corrected chi connectivity index (χ1v) is 6.47. The normalized spacial score (nSPS) is 18.8. The molecule has 1 atom stereocenters. The minimum absolute atomic E-state index is 0.0957. The number of aryl methyl sites for hydroxylation is 1. The van der Waals surface area contributed by atoms with Crippen LogP contribution in [0.4, 0.5) is 0 Å². The summed E-state index contributed by atoms with van der Waals surface area (Å²) in [4.78, 5) is 23.7. The lowest BCUT2D eigenvalue weighted by Gasteiger charge is -2.08.